The van der Waals surface area contributed by atoms with Crippen LogP contribution in [0.1, 0.15) is 44.0 Å². The third kappa shape index (κ3) is 4.83. The van der Waals surface area contributed by atoms with E-state index >= 15 is 0 Å². The summed E-state index contributed by atoms with van der Waals surface area (Å²) >= 11 is 1.64. The van der Waals surface area contributed by atoms with Gasteiger partial charge in [-0.15, -0.1) is 11.3 Å². The maximum atomic E-state index is 13.8. The van der Waals surface area contributed by atoms with E-state index in [0.717, 1.165) is 4.88 Å². The number of aromatic nitrogens is 1. The molecular formula is C21H23FN2O2S. The van der Waals surface area contributed by atoms with Crippen molar-refractivity contribution in [2.75, 3.05) is 0 Å². The van der Waals surface area contributed by atoms with Crippen LogP contribution in [0.2, 0.25) is 0 Å². The number of benzene rings is 1. The second-order valence-electron chi connectivity index (χ2n) is 7.48. The summed E-state index contributed by atoms with van der Waals surface area (Å²) in [5.41, 5.74) is 0.271. The lowest BCUT2D eigenvalue weighted by Crippen LogP contribution is -2.36. The van der Waals surface area contributed by atoms with Crippen molar-refractivity contribution >= 4 is 17.2 Å². The molecule has 2 aromatic heterocycles. The molecule has 0 radical (unpaired) electrons. The number of hydrogen-bond acceptors (Lipinski definition) is 4. The fourth-order valence-electron chi connectivity index (χ4n) is 2.83. The van der Waals surface area contributed by atoms with Gasteiger partial charge in [0.2, 0.25) is 5.91 Å². The zero-order chi connectivity index (χ0) is 19.4. The first-order valence-corrected chi connectivity index (χ1v) is 9.75. The van der Waals surface area contributed by atoms with Gasteiger partial charge in [-0.1, -0.05) is 39.0 Å². The van der Waals surface area contributed by atoms with Crippen molar-refractivity contribution in [3.63, 3.8) is 0 Å². The predicted octanol–water partition coefficient (Wildman–Crippen LogP) is 5.38. The maximum absolute atomic E-state index is 13.8. The van der Waals surface area contributed by atoms with E-state index in [4.69, 9.17) is 4.42 Å². The third-order valence-electron chi connectivity index (χ3n) is 4.26. The molecule has 27 heavy (non-hydrogen) atoms. The van der Waals surface area contributed by atoms with Crippen molar-refractivity contribution < 1.29 is 13.6 Å². The maximum Gasteiger partial charge on any atom is 0.221 e. The zero-order valence-corrected chi connectivity index (χ0v) is 16.5. The van der Waals surface area contributed by atoms with Crippen molar-refractivity contribution in [1.82, 2.24) is 10.3 Å². The molecule has 0 fully saturated rings. The molecule has 6 heteroatoms. The van der Waals surface area contributed by atoms with Crippen LogP contribution in [0.4, 0.5) is 4.39 Å². The van der Waals surface area contributed by atoms with Gasteiger partial charge in [-0.2, -0.15) is 0 Å². The number of thiophene rings is 1. The van der Waals surface area contributed by atoms with Gasteiger partial charge in [0, 0.05) is 17.7 Å². The highest BCUT2D eigenvalue weighted by molar-refractivity contribution is 7.10. The predicted molar refractivity (Wildman–Crippen MR) is 105 cm³/mol. The molecule has 1 amide bonds. The highest BCUT2D eigenvalue weighted by atomic mass is 32.1. The highest BCUT2D eigenvalue weighted by Crippen LogP contribution is 2.35. The SMILES string of the molecule is CC(C)(C)C(NC(=O)CCc1ncc(-c2ccccc2F)o1)c1cccs1. The first kappa shape index (κ1) is 19.3. The third-order valence-corrected chi connectivity index (χ3v) is 5.20. The van der Waals surface area contributed by atoms with Gasteiger partial charge in [0.25, 0.3) is 0 Å². The zero-order valence-electron chi connectivity index (χ0n) is 15.7. The number of nitrogens with one attached hydrogen (secondary N) is 1. The average molecular weight is 386 g/mol. The number of amides is 1. The van der Waals surface area contributed by atoms with E-state index in [1.165, 1.54) is 12.3 Å². The Bertz CT molecular complexity index is 897. The largest absolute Gasteiger partial charge is 0.441 e. The Balaban J connectivity index is 1.62. The summed E-state index contributed by atoms with van der Waals surface area (Å²) in [6.45, 7) is 6.31. The van der Waals surface area contributed by atoms with Crippen LogP contribution in [0.15, 0.2) is 52.4 Å². The van der Waals surface area contributed by atoms with Gasteiger partial charge in [-0.05, 0) is 29.0 Å². The second-order valence-corrected chi connectivity index (χ2v) is 8.46. The molecule has 2 heterocycles. The van der Waals surface area contributed by atoms with Crippen LogP contribution in [-0.4, -0.2) is 10.9 Å². The van der Waals surface area contributed by atoms with Crippen molar-refractivity contribution in [2.24, 2.45) is 5.41 Å². The lowest BCUT2D eigenvalue weighted by atomic mass is 9.85. The van der Waals surface area contributed by atoms with Gasteiger partial charge in [0.05, 0.1) is 17.8 Å². The summed E-state index contributed by atoms with van der Waals surface area (Å²) < 4.78 is 19.5. The van der Waals surface area contributed by atoms with Gasteiger partial charge in [0.15, 0.2) is 11.7 Å². The number of carbonyl (C=O) groups is 1. The molecule has 0 aliphatic carbocycles. The Morgan fingerprint density at radius 1 is 1.26 bits per heavy atom. The number of halogens is 1. The quantitative estimate of drug-likeness (QED) is 0.619. The number of nitrogens with zero attached hydrogens (tertiary/aromatic N) is 1. The van der Waals surface area contributed by atoms with Crippen LogP contribution >= 0.6 is 11.3 Å². The smallest absolute Gasteiger partial charge is 0.221 e. The van der Waals surface area contributed by atoms with E-state index < -0.39 is 0 Å². The van der Waals surface area contributed by atoms with Crippen molar-refractivity contribution in [2.45, 2.75) is 39.7 Å². The van der Waals surface area contributed by atoms with Crippen LogP contribution in [-0.2, 0) is 11.2 Å². The Hall–Kier alpha value is -2.47. The fourth-order valence-corrected chi connectivity index (χ4v) is 3.85. The molecule has 1 aromatic carbocycles. The molecule has 0 aliphatic rings. The van der Waals surface area contributed by atoms with Crippen molar-refractivity contribution in [1.29, 1.82) is 0 Å². The highest BCUT2D eigenvalue weighted by Gasteiger charge is 2.28. The van der Waals surface area contributed by atoms with Gasteiger partial charge < -0.3 is 9.73 Å². The Morgan fingerprint density at radius 2 is 2.04 bits per heavy atom. The molecule has 1 atom stereocenters. The van der Waals surface area contributed by atoms with Crippen LogP contribution in [0.5, 0.6) is 0 Å². The molecule has 0 saturated carbocycles. The Kier molecular flexibility index (Phi) is 5.75. The van der Waals surface area contributed by atoms with Crippen LogP contribution in [0.25, 0.3) is 11.3 Å². The number of oxazole rings is 1. The minimum absolute atomic E-state index is 0.0523. The number of aryl methyl sites for hydroxylation is 1. The monoisotopic (exact) mass is 386 g/mol. The first-order chi connectivity index (χ1) is 12.8. The van der Waals surface area contributed by atoms with E-state index in [1.807, 2.05) is 17.5 Å². The summed E-state index contributed by atoms with van der Waals surface area (Å²) in [6, 6.07) is 10.4. The normalized spacial score (nSPS) is 12.7. The summed E-state index contributed by atoms with van der Waals surface area (Å²) in [5.74, 6) is 0.373. The summed E-state index contributed by atoms with van der Waals surface area (Å²) in [5, 5.41) is 5.13. The topological polar surface area (TPSA) is 55.1 Å². The Morgan fingerprint density at radius 3 is 2.70 bits per heavy atom. The van der Waals surface area contributed by atoms with Gasteiger partial charge in [0.1, 0.15) is 5.82 Å². The van der Waals surface area contributed by atoms with E-state index in [1.54, 1.807) is 29.5 Å². The fraction of sp³-hybridized carbons (Fsp3) is 0.333. The summed E-state index contributed by atoms with van der Waals surface area (Å²) in [6.07, 6.45) is 2.12. The van der Waals surface area contributed by atoms with Crippen molar-refractivity contribution in [3.05, 3.63) is 64.6 Å². The van der Waals surface area contributed by atoms with Crippen LogP contribution < -0.4 is 5.32 Å². The molecule has 1 N–H and O–H groups in total. The molecule has 3 rings (SSSR count). The van der Waals surface area contributed by atoms with Crippen LogP contribution in [0.3, 0.4) is 0 Å². The number of carbonyl (C=O) groups excluding carboxylic acids is 1. The average Bonchev–Trinajstić information content (AvgIpc) is 3.29. The lowest BCUT2D eigenvalue weighted by Gasteiger charge is -2.30. The molecular weight excluding hydrogens is 363 g/mol. The molecule has 1 unspecified atom stereocenters. The molecule has 0 saturated heterocycles. The standard InChI is InChI=1S/C21H23FN2O2S/c1-21(2,3)20(17-9-6-12-27-17)24-18(25)10-11-19-23-13-16(26-19)14-7-4-5-8-15(14)22/h4-9,12-13,20H,10-11H2,1-3H3,(H,24,25). The van der Waals surface area contributed by atoms with Crippen LogP contribution in [0, 0.1) is 11.2 Å². The van der Waals surface area contributed by atoms with Crippen molar-refractivity contribution in [3.8, 4) is 11.3 Å². The van der Waals surface area contributed by atoms with E-state index in [0.29, 0.717) is 23.6 Å². The molecule has 4 nitrogen and oxygen atoms in total. The van der Waals surface area contributed by atoms with Gasteiger partial charge in [-0.3, -0.25) is 4.79 Å². The second kappa shape index (κ2) is 8.05. The Labute approximate surface area is 162 Å². The lowest BCUT2D eigenvalue weighted by molar-refractivity contribution is -0.122. The molecule has 0 bridgehead atoms. The van der Waals surface area contributed by atoms with Gasteiger partial charge in [-0.25, -0.2) is 9.37 Å². The van der Waals surface area contributed by atoms with E-state index in [2.05, 4.69) is 31.1 Å². The summed E-state index contributed by atoms with van der Waals surface area (Å²) in [4.78, 5) is 17.8. The molecule has 0 aliphatic heterocycles. The molecule has 3 aromatic rings. The molecule has 0 spiro atoms. The van der Waals surface area contributed by atoms with E-state index in [-0.39, 0.29) is 29.6 Å². The van der Waals surface area contributed by atoms with E-state index in [9.17, 15) is 9.18 Å². The van der Waals surface area contributed by atoms with Gasteiger partial charge >= 0.3 is 0 Å². The minimum atomic E-state index is -0.359. The summed E-state index contributed by atoms with van der Waals surface area (Å²) in [7, 11) is 0. The number of rotatable bonds is 6. The molecule has 142 valence electrons. The first-order valence-electron chi connectivity index (χ1n) is 8.87. The number of hydrogen-bond donors (Lipinski definition) is 1. The minimum Gasteiger partial charge on any atom is -0.441 e.